The Hall–Kier alpha value is -3.61. The van der Waals surface area contributed by atoms with Crippen LogP contribution in [0.3, 0.4) is 0 Å². The third-order valence-corrected chi connectivity index (χ3v) is 5.48. The molecule has 0 atom stereocenters. The molecule has 0 unspecified atom stereocenters. The van der Waals surface area contributed by atoms with Crippen LogP contribution >= 0.6 is 0 Å². The molecule has 1 fully saturated rings. The van der Waals surface area contributed by atoms with Crippen LogP contribution in [0, 0.1) is 6.92 Å². The number of benzene rings is 2. The maximum atomic E-state index is 13.0. The van der Waals surface area contributed by atoms with Gasteiger partial charge in [0.1, 0.15) is 11.5 Å². The van der Waals surface area contributed by atoms with E-state index in [4.69, 9.17) is 4.74 Å². The Morgan fingerprint density at radius 1 is 1.17 bits per heavy atom. The van der Waals surface area contributed by atoms with Gasteiger partial charge in [-0.3, -0.25) is 14.3 Å². The summed E-state index contributed by atoms with van der Waals surface area (Å²) in [5.74, 6) is 1.30. The number of amides is 2. The molecular weight excluding hydrogens is 380 g/mol. The van der Waals surface area contributed by atoms with Gasteiger partial charge in [0.15, 0.2) is 5.82 Å². The van der Waals surface area contributed by atoms with E-state index in [1.165, 1.54) is 0 Å². The van der Waals surface area contributed by atoms with Crippen molar-refractivity contribution in [1.82, 2.24) is 14.7 Å². The minimum absolute atomic E-state index is 0.0336. The van der Waals surface area contributed by atoms with Crippen LogP contribution in [0.1, 0.15) is 44.7 Å². The molecule has 1 aliphatic carbocycles. The second-order valence-electron chi connectivity index (χ2n) is 7.91. The molecule has 1 aromatic heterocycles. The number of hydrogen-bond acceptors (Lipinski definition) is 4. The van der Waals surface area contributed by atoms with Gasteiger partial charge in [0.2, 0.25) is 0 Å². The van der Waals surface area contributed by atoms with Crippen molar-refractivity contribution in [3.8, 4) is 11.5 Å². The highest BCUT2D eigenvalue weighted by atomic mass is 16.5. The first-order valence-corrected chi connectivity index (χ1v) is 10.0. The molecule has 0 radical (unpaired) electrons. The van der Waals surface area contributed by atoms with E-state index in [0.717, 1.165) is 24.0 Å². The van der Waals surface area contributed by atoms with Crippen LogP contribution in [-0.2, 0) is 13.6 Å². The van der Waals surface area contributed by atoms with Gasteiger partial charge in [0.05, 0.1) is 6.54 Å². The average Bonchev–Trinajstić information content (AvgIpc) is 3.41. The number of nitrogens with zero attached hydrogens (tertiary/aromatic N) is 3. The number of nitrogens with one attached hydrogen (secondary N) is 1. The van der Waals surface area contributed by atoms with Gasteiger partial charge >= 0.3 is 0 Å². The van der Waals surface area contributed by atoms with Crippen molar-refractivity contribution in [3.05, 3.63) is 70.9 Å². The van der Waals surface area contributed by atoms with E-state index in [0.29, 0.717) is 41.0 Å². The highest BCUT2D eigenvalue weighted by Gasteiger charge is 2.40. The van der Waals surface area contributed by atoms with Gasteiger partial charge < -0.3 is 15.0 Å². The minimum atomic E-state index is -0.331. The average molecular weight is 402 g/mol. The van der Waals surface area contributed by atoms with Crippen molar-refractivity contribution in [2.75, 3.05) is 5.32 Å². The number of carbonyl (C=O) groups excluding carboxylic acids is 2. The maximum absolute atomic E-state index is 13.0. The van der Waals surface area contributed by atoms with Crippen molar-refractivity contribution >= 4 is 17.6 Å². The van der Waals surface area contributed by atoms with Gasteiger partial charge in [-0.25, -0.2) is 0 Å². The van der Waals surface area contributed by atoms with Crippen LogP contribution < -0.4 is 10.1 Å². The zero-order chi connectivity index (χ0) is 20.8. The van der Waals surface area contributed by atoms with E-state index in [2.05, 4.69) is 10.4 Å². The summed E-state index contributed by atoms with van der Waals surface area (Å²) >= 11 is 0. The van der Waals surface area contributed by atoms with E-state index in [-0.39, 0.29) is 11.8 Å². The molecule has 2 amide bonds. The van der Waals surface area contributed by atoms with E-state index >= 15 is 0 Å². The fourth-order valence-corrected chi connectivity index (χ4v) is 3.70. The largest absolute Gasteiger partial charge is 0.457 e. The number of fused-ring (bicyclic) bond motifs is 1. The van der Waals surface area contributed by atoms with Crippen LogP contribution in [0.2, 0.25) is 0 Å². The van der Waals surface area contributed by atoms with Gasteiger partial charge in [-0.1, -0.05) is 17.7 Å². The summed E-state index contributed by atoms with van der Waals surface area (Å²) in [4.78, 5) is 27.7. The number of carbonyl (C=O) groups is 2. The first-order chi connectivity index (χ1) is 14.5. The Morgan fingerprint density at radius 2 is 1.93 bits per heavy atom. The molecule has 0 bridgehead atoms. The van der Waals surface area contributed by atoms with Crippen molar-refractivity contribution in [1.29, 1.82) is 0 Å². The first-order valence-electron chi connectivity index (χ1n) is 10.0. The summed E-state index contributed by atoms with van der Waals surface area (Å²) < 4.78 is 7.75. The number of rotatable bonds is 5. The predicted octanol–water partition coefficient (Wildman–Crippen LogP) is 3.89. The second kappa shape index (κ2) is 7.02. The van der Waals surface area contributed by atoms with Crippen LogP contribution in [0.4, 0.5) is 5.82 Å². The molecule has 3 aromatic rings. The van der Waals surface area contributed by atoms with E-state index in [9.17, 15) is 9.59 Å². The lowest BCUT2D eigenvalue weighted by atomic mass is 10.0. The number of aromatic nitrogens is 2. The van der Waals surface area contributed by atoms with Gasteiger partial charge in [-0.05, 0) is 44.0 Å². The van der Waals surface area contributed by atoms with Crippen LogP contribution in [-0.4, -0.2) is 32.5 Å². The smallest absolute Gasteiger partial charge is 0.257 e. The molecule has 1 aliphatic heterocycles. The third-order valence-electron chi connectivity index (χ3n) is 5.48. The summed E-state index contributed by atoms with van der Waals surface area (Å²) in [6, 6.07) is 13.1. The molecule has 5 rings (SSSR count). The molecule has 2 heterocycles. The minimum Gasteiger partial charge on any atom is -0.457 e. The highest BCUT2D eigenvalue weighted by Crippen LogP contribution is 2.40. The zero-order valence-electron chi connectivity index (χ0n) is 16.9. The Bertz CT molecular complexity index is 1150. The molecule has 1 N–H and O–H groups in total. The first kappa shape index (κ1) is 18.4. The maximum Gasteiger partial charge on any atom is 0.257 e. The van der Waals surface area contributed by atoms with Crippen molar-refractivity contribution < 1.29 is 14.3 Å². The Kier molecular flexibility index (Phi) is 4.31. The molecule has 0 spiro atoms. The molecule has 1 saturated carbocycles. The molecule has 0 saturated heterocycles. The van der Waals surface area contributed by atoms with E-state index in [1.807, 2.05) is 36.1 Å². The van der Waals surface area contributed by atoms with E-state index in [1.54, 1.807) is 36.1 Å². The summed E-state index contributed by atoms with van der Waals surface area (Å²) in [6.45, 7) is 2.53. The Balaban J connectivity index is 1.51. The van der Waals surface area contributed by atoms with Crippen molar-refractivity contribution in [2.24, 2.45) is 7.05 Å². The topological polar surface area (TPSA) is 76.5 Å². The lowest BCUT2D eigenvalue weighted by molar-refractivity contribution is 0.0766. The standard InChI is InChI=1S/C23H22N4O3/c1-14-3-7-17(8-4-14)30-20-12-15(22(28)24-21-9-10-26(2)25-21)11-18-19(20)13-27(23(18)29)16-5-6-16/h3-4,7-12,16H,5-6,13H2,1-2H3,(H,24,25,28). The summed E-state index contributed by atoms with van der Waals surface area (Å²) in [5, 5.41) is 6.96. The van der Waals surface area contributed by atoms with Crippen molar-refractivity contribution in [2.45, 2.75) is 32.4 Å². The lowest BCUT2D eigenvalue weighted by Crippen LogP contribution is -2.26. The number of ether oxygens (including phenoxy) is 1. The monoisotopic (exact) mass is 402 g/mol. The lowest BCUT2D eigenvalue weighted by Gasteiger charge is -2.14. The molecule has 152 valence electrons. The van der Waals surface area contributed by atoms with Gasteiger partial charge in [-0.15, -0.1) is 0 Å². The van der Waals surface area contributed by atoms with Crippen LogP contribution in [0.25, 0.3) is 0 Å². The van der Waals surface area contributed by atoms with Crippen LogP contribution in [0.15, 0.2) is 48.7 Å². The van der Waals surface area contributed by atoms with Crippen molar-refractivity contribution in [3.63, 3.8) is 0 Å². The third kappa shape index (κ3) is 3.43. The number of aryl methyl sites for hydroxylation is 2. The fourth-order valence-electron chi connectivity index (χ4n) is 3.70. The molecular formula is C23H22N4O3. The Morgan fingerprint density at radius 3 is 2.60 bits per heavy atom. The predicted molar refractivity (Wildman–Crippen MR) is 112 cm³/mol. The van der Waals surface area contributed by atoms with Gasteiger partial charge in [0.25, 0.3) is 11.8 Å². The quantitative estimate of drug-likeness (QED) is 0.702. The normalized spacial score (nSPS) is 15.3. The Labute approximate surface area is 174 Å². The summed E-state index contributed by atoms with van der Waals surface area (Å²) in [7, 11) is 1.78. The molecule has 7 nitrogen and oxygen atoms in total. The van der Waals surface area contributed by atoms with Crippen LogP contribution in [0.5, 0.6) is 11.5 Å². The summed E-state index contributed by atoms with van der Waals surface area (Å²) in [6.07, 6.45) is 3.81. The number of hydrogen-bond donors (Lipinski definition) is 1. The number of anilines is 1. The van der Waals surface area contributed by atoms with E-state index < -0.39 is 0 Å². The summed E-state index contributed by atoms with van der Waals surface area (Å²) in [5.41, 5.74) is 2.87. The molecule has 30 heavy (non-hydrogen) atoms. The molecule has 2 aliphatic rings. The molecule has 7 heteroatoms. The van der Waals surface area contributed by atoms with Gasteiger partial charge in [0, 0.05) is 42.0 Å². The van der Waals surface area contributed by atoms with Gasteiger partial charge in [-0.2, -0.15) is 5.10 Å². The fraction of sp³-hybridized carbons (Fsp3) is 0.261. The second-order valence-corrected chi connectivity index (χ2v) is 7.91. The highest BCUT2D eigenvalue weighted by molar-refractivity contribution is 6.07. The zero-order valence-corrected chi connectivity index (χ0v) is 16.9. The molecule has 2 aromatic carbocycles. The SMILES string of the molecule is Cc1ccc(Oc2cc(C(=O)Nc3ccn(C)n3)cc3c2CN(C2CC2)C3=O)cc1.